The smallest absolute Gasteiger partial charge is 0.330 e. The summed E-state index contributed by atoms with van der Waals surface area (Å²) in [6.07, 6.45) is -2.70. The highest BCUT2D eigenvalue weighted by Crippen LogP contribution is 2.36. The number of para-hydroxylation sites is 1. The lowest BCUT2D eigenvalue weighted by atomic mass is 10.1. The van der Waals surface area contributed by atoms with E-state index < -0.39 is 24.7 Å². The van der Waals surface area contributed by atoms with Crippen molar-refractivity contribution < 1.29 is 18.0 Å². The molecule has 0 spiro atoms. The van der Waals surface area contributed by atoms with E-state index >= 15 is 0 Å². The number of rotatable bonds is 7. The zero-order valence-corrected chi connectivity index (χ0v) is 16.7. The van der Waals surface area contributed by atoms with Crippen LogP contribution in [-0.2, 0) is 4.79 Å². The Morgan fingerprint density at radius 2 is 1.96 bits per heavy atom. The summed E-state index contributed by atoms with van der Waals surface area (Å²) >= 11 is 1.05. The number of nitrogens with zero attached hydrogens (tertiary/aromatic N) is 5. The van der Waals surface area contributed by atoms with E-state index in [2.05, 4.69) is 15.5 Å². The van der Waals surface area contributed by atoms with Crippen LogP contribution in [0.5, 0.6) is 0 Å². The van der Waals surface area contributed by atoms with Gasteiger partial charge < -0.3 is 4.90 Å². The molecule has 152 valence electrons. The number of tetrazole rings is 1. The van der Waals surface area contributed by atoms with E-state index in [0.717, 1.165) is 46.3 Å². The number of aromatic nitrogens is 4. The first-order chi connectivity index (χ1) is 13.2. The SMILES string of the molecule is Cc1cccc(C)c1-n1nnnc1SCC(=O)N(CC(F)(F)F)[C@@H](C)C1CC1. The van der Waals surface area contributed by atoms with Gasteiger partial charge in [0.2, 0.25) is 11.1 Å². The molecule has 1 amide bonds. The third-order valence-electron chi connectivity index (χ3n) is 4.88. The lowest BCUT2D eigenvalue weighted by Crippen LogP contribution is -2.46. The third kappa shape index (κ3) is 4.84. The molecule has 0 aliphatic heterocycles. The topological polar surface area (TPSA) is 63.9 Å². The number of alkyl halides is 3. The van der Waals surface area contributed by atoms with Gasteiger partial charge in [-0.15, -0.1) is 5.10 Å². The molecule has 1 atom stereocenters. The quantitative estimate of drug-likeness (QED) is 0.650. The van der Waals surface area contributed by atoms with Crippen molar-refractivity contribution in [2.24, 2.45) is 5.92 Å². The fourth-order valence-electron chi connectivity index (χ4n) is 3.24. The van der Waals surface area contributed by atoms with Crippen molar-refractivity contribution in [2.75, 3.05) is 12.3 Å². The number of halogens is 3. The molecular formula is C18H22F3N5OS. The first kappa shape index (κ1) is 20.6. The Balaban J connectivity index is 1.74. The molecule has 1 heterocycles. The van der Waals surface area contributed by atoms with Crippen molar-refractivity contribution in [1.82, 2.24) is 25.1 Å². The van der Waals surface area contributed by atoms with Gasteiger partial charge in [0.25, 0.3) is 0 Å². The Hall–Kier alpha value is -2.10. The third-order valence-corrected chi connectivity index (χ3v) is 5.79. The highest BCUT2D eigenvalue weighted by molar-refractivity contribution is 7.99. The van der Waals surface area contributed by atoms with Crippen LogP contribution in [0, 0.1) is 19.8 Å². The predicted molar refractivity (Wildman–Crippen MR) is 99.3 cm³/mol. The molecule has 10 heteroatoms. The monoisotopic (exact) mass is 413 g/mol. The molecule has 1 aromatic carbocycles. The molecular weight excluding hydrogens is 391 g/mol. The molecule has 1 saturated carbocycles. The van der Waals surface area contributed by atoms with Gasteiger partial charge >= 0.3 is 6.18 Å². The molecule has 0 radical (unpaired) electrons. The van der Waals surface area contributed by atoms with Gasteiger partial charge in [-0.3, -0.25) is 4.79 Å². The summed E-state index contributed by atoms with van der Waals surface area (Å²) in [5.74, 6) is -0.563. The average molecular weight is 413 g/mol. The van der Waals surface area contributed by atoms with Crippen LogP contribution in [0.2, 0.25) is 0 Å². The summed E-state index contributed by atoms with van der Waals surface area (Å²) in [6.45, 7) is 4.30. The van der Waals surface area contributed by atoms with Crippen molar-refractivity contribution >= 4 is 17.7 Å². The van der Waals surface area contributed by atoms with Gasteiger partial charge in [0.1, 0.15) is 6.54 Å². The van der Waals surface area contributed by atoms with E-state index in [9.17, 15) is 18.0 Å². The molecule has 1 aliphatic carbocycles. The zero-order chi connectivity index (χ0) is 20.5. The lowest BCUT2D eigenvalue weighted by Gasteiger charge is -2.30. The number of thioether (sulfide) groups is 1. The van der Waals surface area contributed by atoms with Crippen molar-refractivity contribution in [3.8, 4) is 5.69 Å². The van der Waals surface area contributed by atoms with E-state index in [1.165, 1.54) is 4.68 Å². The van der Waals surface area contributed by atoms with E-state index in [1.807, 2.05) is 32.0 Å². The average Bonchev–Trinajstić information content (AvgIpc) is 3.36. The minimum atomic E-state index is -4.43. The second-order valence-corrected chi connectivity index (χ2v) is 8.06. The van der Waals surface area contributed by atoms with Gasteiger partial charge in [-0.25, -0.2) is 0 Å². The van der Waals surface area contributed by atoms with Gasteiger partial charge in [-0.2, -0.15) is 17.9 Å². The number of carbonyl (C=O) groups is 1. The summed E-state index contributed by atoms with van der Waals surface area (Å²) < 4.78 is 40.4. The standard InChI is InChI=1S/C18H22F3N5OS/c1-11-5-4-6-12(2)16(11)26-17(22-23-24-26)28-9-15(27)25(10-18(19,20)21)13(3)14-7-8-14/h4-6,13-14H,7-10H2,1-3H3/t13-/m0/s1. The Labute approximate surface area is 165 Å². The van der Waals surface area contributed by atoms with Crippen LogP contribution in [0.1, 0.15) is 30.9 Å². The number of hydrogen-bond donors (Lipinski definition) is 0. The van der Waals surface area contributed by atoms with Gasteiger partial charge in [0.15, 0.2) is 0 Å². The van der Waals surface area contributed by atoms with Crippen LogP contribution < -0.4 is 0 Å². The summed E-state index contributed by atoms with van der Waals surface area (Å²) in [6, 6.07) is 5.34. The highest BCUT2D eigenvalue weighted by Gasteiger charge is 2.40. The first-order valence-corrected chi connectivity index (χ1v) is 10.00. The van der Waals surface area contributed by atoms with Crippen molar-refractivity contribution in [3.05, 3.63) is 29.3 Å². The molecule has 1 aliphatic rings. The molecule has 0 saturated heterocycles. The lowest BCUT2D eigenvalue weighted by molar-refractivity contribution is -0.164. The summed E-state index contributed by atoms with van der Waals surface area (Å²) in [4.78, 5) is 13.5. The van der Waals surface area contributed by atoms with E-state index in [0.29, 0.717) is 5.16 Å². The molecule has 6 nitrogen and oxygen atoms in total. The number of benzene rings is 1. The van der Waals surface area contributed by atoms with Crippen molar-refractivity contribution in [1.29, 1.82) is 0 Å². The first-order valence-electron chi connectivity index (χ1n) is 9.01. The molecule has 1 fully saturated rings. The molecule has 1 aromatic heterocycles. The maximum absolute atomic E-state index is 13.0. The van der Waals surface area contributed by atoms with Crippen LogP contribution in [0.15, 0.2) is 23.4 Å². The highest BCUT2D eigenvalue weighted by atomic mass is 32.2. The van der Waals surface area contributed by atoms with Crippen LogP contribution in [0.4, 0.5) is 13.2 Å². The Bertz CT molecular complexity index is 830. The number of aryl methyl sites for hydroxylation is 2. The summed E-state index contributed by atoms with van der Waals surface area (Å²) in [5.41, 5.74) is 2.73. The largest absolute Gasteiger partial charge is 0.406 e. The van der Waals surface area contributed by atoms with Gasteiger partial charge in [-0.05, 0) is 61.1 Å². The predicted octanol–water partition coefficient (Wildman–Crippen LogP) is 3.56. The Morgan fingerprint density at radius 1 is 1.32 bits per heavy atom. The minimum absolute atomic E-state index is 0.149. The maximum Gasteiger partial charge on any atom is 0.406 e. The zero-order valence-electron chi connectivity index (χ0n) is 15.9. The van der Waals surface area contributed by atoms with Crippen LogP contribution in [-0.4, -0.2) is 55.5 Å². The van der Waals surface area contributed by atoms with E-state index in [-0.39, 0.29) is 11.7 Å². The molecule has 0 bridgehead atoms. The number of carbonyl (C=O) groups excluding carboxylic acids is 1. The van der Waals surface area contributed by atoms with E-state index in [4.69, 9.17) is 0 Å². The van der Waals surface area contributed by atoms with Gasteiger partial charge in [0, 0.05) is 6.04 Å². The molecule has 0 unspecified atom stereocenters. The van der Waals surface area contributed by atoms with Gasteiger partial charge in [-0.1, -0.05) is 30.0 Å². The second-order valence-electron chi connectivity index (χ2n) is 7.12. The van der Waals surface area contributed by atoms with Crippen LogP contribution in [0.25, 0.3) is 5.69 Å². The summed E-state index contributed by atoms with van der Waals surface area (Å²) in [7, 11) is 0. The van der Waals surface area contributed by atoms with Gasteiger partial charge in [0.05, 0.1) is 11.4 Å². The Morgan fingerprint density at radius 3 is 2.54 bits per heavy atom. The number of hydrogen-bond acceptors (Lipinski definition) is 5. The normalized spacial score (nSPS) is 15.5. The van der Waals surface area contributed by atoms with Crippen molar-refractivity contribution in [2.45, 2.75) is 51.0 Å². The van der Waals surface area contributed by atoms with Crippen molar-refractivity contribution in [3.63, 3.8) is 0 Å². The number of amides is 1. The summed E-state index contributed by atoms with van der Waals surface area (Å²) in [5, 5.41) is 12.0. The Kier molecular flexibility index (Phi) is 5.97. The fraction of sp³-hybridized carbons (Fsp3) is 0.556. The second kappa shape index (κ2) is 8.10. The molecule has 2 aromatic rings. The molecule has 0 N–H and O–H groups in total. The van der Waals surface area contributed by atoms with E-state index in [1.54, 1.807) is 6.92 Å². The maximum atomic E-state index is 13.0. The molecule has 28 heavy (non-hydrogen) atoms. The molecule has 3 rings (SSSR count). The fourth-order valence-corrected chi connectivity index (χ4v) is 4.01. The minimum Gasteiger partial charge on any atom is -0.330 e. The van der Waals surface area contributed by atoms with Crippen LogP contribution in [0.3, 0.4) is 0 Å². The van der Waals surface area contributed by atoms with Crippen LogP contribution >= 0.6 is 11.8 Å².